The van der Waals surface area contributed by atoms with E-state index in [9.17, 15) is 18.0 Å². The summed E-state index contributed by atoms with van der Waals surface area (Å²) in [7, 11) is 0. The van der Waals surface area contributed by atoms with Crippen molar-refractivity contribution in [3.05, 3.63) is 125 Å². The third kappa shape index (κ3) is 7.28. The number of alkyl halides is 3. The Morgan fingerprint density at radius 3 is 2.26 bits per heavy atom. The quantitative estimate of drug-likeness (QED) is 0.254. The molecule has 1 aliphatic heterocycles. The minimum Gasteiger partial charge on any atom is -0.488 e. The Hall–Kier alpha value is -4.81. The molecular weight excluding hydrogens is 541 g/mol. The molecule has 1 N–H and O–H groups in total. The zero-order valence-electron chi connectivity index (χ0n) is 22.8. The van der Waals surface area contributed by atoms with Crippen LogP contribution in [0.1, 0.15) is 32.6 Å². The first kappa shape index (κ1) is 28.7. The van der Waals surface area contributed by atoms with Crippen LogP contribution in [-0.2, 0) is 19.3 Å². The number of carbonyl (C=O) groups is 1. The number of piperazine rings is 1. The minimum absolute atomic E-state index is 0.0244. The molecule has 1 fully saturated rings. The Morgan fingerprint density at radius 1 is 0.857 bits per heavy atom. The van der Waals surface area contributed by atoms with Gasteiger partial charge < -0.3 is 15.0 Å². The molecule has 4 aromatic rings. The molecule has 1 heterocycles. The number of benzene rings is 4. The second-order valence-corrected chi connectivity index (χ2v) is 10.1. The third-order valence-electron chi connectivity index (χ3n) is 7.13. The lowest BCUT2D eigenvalue weighted by molar-refractivity contribution is -0.137. The fraction of sp³-hybridized carbons (Fsp3) is 0.212. The molecule has 0 aromatic heterocycles. The molecule has 6 nitrogen and oxygen atoms in total. The summed E-state index contributed by atoms with van der Waals surface area (Å²) in [6.45, 7) is 4.37. The van der Waals surface area contributed by atoms with Gasteiger partial charge in [-0.2, -0.15) is 18.4 Å². The number of nitrogens with zero attached hydrogens (tertiary/aromatic N) is 3. The number of nitriles is 1. The fourth-order valence-electron chi connectivity index (χ4n) is 4.85. The second kappa shape index (κ2) is 12.8. The Labute approximate surface area is 242 Å². The van der Waals surface area contributed by atoms with E-state index in [-0.39, 0.29) is 12.5 Å². The summed E-state index contributed by atoms with van der Waals surface area (Å²) in [5.41, 5.74) is 3.67. The number of ether oxygens (including phenoxy) is 1. The molecule has 4 aromatic carbocycles. The molecule has 5 rings (SSSR count). The van der Waals surface area contributed by atoms with Crippen LogP contribution < -0.4 is 15.0 Å². The lowest BCUT2D eigenvalue weighted by atomic mass is 10.1. The number of hydrogen-bond acceptors (Lipinski definition) is 5. The highest BCUT2D eigenvalue weighted by molar-refractivity contribution is 6.06. The monoisotopic (exact) mass is 570 g/mol. The maximum absolute atomic E-state index is 13.1. The molecule has 0 bridgehead atoms. The van der Waals surface area contributed by atoms with Crippen molar-refractivity contribution in [2.45, 2.75) is 19.3 Å². The van der Waals surface area contributed by atoms with Gasteiger partial charge in [-0.05, 0) is 71.8 Å². The van der Waals surface area contributed by atoms with Crippen LogP contribution in [0.15, 0.2) is 97.1 Å². The van der Waals surface area contributed by atoms with Crippen molar-refractivity contribution in [2.24, 2.45) is 0 Å². The molecule has 0 radical (unpaired) electrons. The zero-order chi connectivity index (χ0) is 29.5. The summed E-state index contributed by atoms with van der Waals surface area (Å²) in [5.74, 6) is -0.0106. The summed E-state index contributed by atoms with van der Waals surface area (Å²) in [6.07, 6.45) is -4.40. The molecular formula is C33H29F3N4O2. The van der Waals surface area contributed by atoms with Crippen LogP contribution in [0.25, 0.3) is 0 Å². The average molecular weight is 571 g/mol. The maximum atomic E-state index is 13.1. The van der Waals surface area contributed by atoms with Crippen LogP contribution in [0.2, 0.25) is 0 Å². The van der Waals surface area contributed by atoms with Crippen LogP contribution in [0.5, 0.6) is 5.75 Å². The second-order valence-electron chi connectivity index (χ2n) is 10.1. The number of nitrogens with one attached hydrogen (secondary N) is 1. The first-order valence-corrected chi connectivity index (χ1v) is 13.5. The van der Waals surface area contributed by atoms with Gasteiger partial charge in [-0.3, -0.25) is 9.69 Å². The predicted octanol–water partition coefficient (Wildman–Crippen LogP) is 6.73. The van der Waals surface area contributed by atoms with E-state index in [1.54, 1.807) is 24.3 Å². The van der Waals surface area contributed by atoms with Crippen molar-refractivity contribution in [1.29, 1.82) is 5.26 Å². The number of amides is 1. The maximum Gasteiger partial charge on any atom is 0.416 e. The van der Waals surface area contributed by atoms with Crippen LogP contribution >= 0.6 is 0 Å². The molecule has 42 heavy (non-hydrogen) atoms. The number of carbonyl (C=O) groups excluding carboxylic acids is 1. The minimum atomic E-state index is -4.40. The number of para-hydroxylation sites is 1. The number of hydrogen-bond donors (Lipinski definition) is 1. The van der Waals surface area contributed by atoms with E-state index in [0.717, 1.165) is 56.1 Å². The molecule has 1 amide bonds. The topological polar surface area (TPSA) is 68.6 Å². The van der Waals surface area contributed by atoms with Gasteiger partial charge in [-0.1, -0.05) is 36.4 Å². The summed E-state index contributed by atoms with van der Waals surface area (Å²) in [6, 6.07) is 29.1. The molecule has 214 valence electrons. The van der Waals surface area contributed by atoms with E-state index in [2.05, 4.69) is 21.2 Å². The van der Waals surface area contributed by atoms with E-state index in [1.165, 1.54) is 12.1 Å². The lowest BCUT2D eigenvalue weighted by Crippen LogP contribution is -2.45. The largest absolute Gasteiger partial charge is 0.488 e. The molecule has 0 saturated carbocycles. The first-order valence-electron chi connectivity index (χ1n) is 13.5. The van der Waals surface area contributed by atoms with Crippen LogP contribution in [-0.4, -0.2) is 37.0 Å². The summed E-state index contributed by atoms with van der Waals surface area (Å²) in [4.78, 5) is 17.7. The van der Waals surface area contributed by atoms with Crippen LogP contribution in [0.3, 0.4) is 0 Å². The van der Waals surface area contributed by atoms with Gasteiger partial charge >= 0.3 is 6.18 Å². The van der Waals surface area contributed by atoms with Gasteiger partial charge in [0.1, 0.15) is 12.4 Å². The number of anilines is 2. The van der Waals surface area contributed by atoms with Gasteiger partial charge in [0.15, 0.2) is 0 Å². The molecule has 0 aliphatic carbocycles. The van der Waals surface area contributed by atoms with E-state index in [0.29, 0.717) is 28.1 Å². The molecule has 0 atom stereocenters. The Balaban J connectivity index is 1.14. The van der Waals surface area contributed by atoms with Gasteiger partial charge in [-0.15, -0.1) is 0 Å². The fourth-order valence-corrected chi connectivity index (χ4v) is 4.85. The van der Waals surface area contributed by atoms with Crippen molar-refractivity contribution in [3.8, 4) is 11.8 Å². The lowest BCUT2D eigenvalue weighted by Gasteiger charge is -2.36. The van der Waals surface area contributed by atoms with Crippen molar-refractivity contribution < 1.29 is 22.7 Å². The number of rotatable bonds is 8. The predicted molar refractivity (Wildman–Crippen MR) is 155 cm³/mol. The van der Waals surface area contributed by atoms with Crippen molar-refractivity contribution >= 4 is 17.3 Å². The summed E-state index contributed by atoms with van der Waals surface area (Å²) < 4.78 is 44.3. The van der Waals surface area contributed by atoms with Gasteiger partial charge in [0.2, 0.25) is 0 Å². The van der Waals surface area contributed by atoms with Crippen LogP contribution in [0.4, 0.5) is 24.5 Å². The molecule has 0 spiro atoms. The normalized spacial score (nSPS) is 13.8. The highest BCUT2D eigenvalue weighted by Crippen LogP contribution is 2.29. The third-order valence-corrected chi connectivity index (χ3v) is 7.13. The van der Waals surface area contributed by atoms with Crippen molar-refractivity contribution in [2.75, 3.05) is 36.4 Å². The summed E-state index contributed by atoms with van der Waals surface area (Å²) >= 11 is 0. The molecule has 1 saturated heterocycles. The smallest absolute Gasteiger partial charge is 0.416 e. The van der Waals surface area contributed by atoms with Gasteiger partial charge in [0.25, 0.3) is 5.91 Å². The van der Waals surface area contributed by atoms with E-state index in [4.69, 9.17) is 10.00 Å². The van der Waals surface area contributed by atoms with Crippen molar-refractivity contribution in [3.63, 3.8) is 0 Å². The Kier molecular flexibility index (Phi) is 8.74. The van der Waals surface area contributed by atoms with E-state index in [1.807, 2.05) is 48.5 Å². The Morgan fingerprint density at radius 2 is 1.57 bits per heavy atom. The number of halogens is 3. The standard InChI is InChI=1S/C33H29F3N4O2/c34-33(35,36)27-10-8-24(9-11-27)23-42-31-7-2-1-6-30(31)32(41)38-28-12-14-29(15-13-28)40-18-16-39(17-19-40)22-26-5-3-4-25(20-26)21-37/h1-15,20H,16-19,22-23H2,(H,38,41). The molecule has 1 aliphatic rings. The zero-order valence-corrected chi connectivity index (χ0v) is 22.8. The summed E-state index contributed by atoms with van der Waals surface area (Å²) in [5, 5.41) is 12.0. The van der Waals surface area contributed by atoms with E-state index >= 15 is 0 Å². The van der Waals surface area contributed by atoms with E-state index < -0.39 is 11.7 Å². The first-order chi connectivity index (χ1) is 20.3. The van der Waals surface area contributed by atoms with Crippen LogP contribution in [0, 0.1) is 11.3 Å². The van der Waals surface area contributed by atoms with Crippen molar-refractivity contribution in [1.82, 2.24) is 4.90 Å². The van der Waals surface area contributed by atoms with Gasteiger partial charge in [-0.25, -0.2) is 0 Å². The van der Waals surface area contributed by atoms with Gasteiger partial charge in [0, 0.05) is 44.1 Å². The highest BCUT2D eigenvalue weighted by Gasteiger charge is 2.30. The van der Waals surface area contributed by atoms with Gasteiger partial charge in [0.05, 0.1) is 22.8 Å². The Bertz CT molecular complexity index is 1560. The molecule has 0 unspecified atom stereocenters. The average Bonchev–Trinajstić information content (AvgIpc) is 3.01. The SMILES string of the molecule is N#Cc1cccc(CN2CCN(c3ccc(NC(=O)c4ccccc4OCc4ccc(C(F)(F)F)cc4)cc3)CC2)c1. The highest BCUT2D eigenvalue weighted by atomic mass is 19.4. The molecule has 9 heteroatoms.